The van der Waals surface area contributed by atoms with E-state index in [1.54, 1.807) is 0 Å². The zero-order valence-electron chi connectivity index (χ0n) is 17.9. The Bertz CT molecular complexity index is 1290. The van der Waals surface area contributed by atoms with Crippen molar-refractivity contribution in [3.8, 4) is 17.0 Å². The summed E-state index contributed by atoms with van der Waals surface area (Å²) < 4.78 is 21.0. The summed E-state index contributed by atoms with van der Waals surface area (Å²) in [4.78, 5) is 18.9. The third-order valence-corrected chi connectivity index (χ3v) is 4.88. The Kier molecular flexibility index (Phi) is 6.89. The van der Waals surface area contributed by atoms with E-state index < -0.39 is 16.4 Å². The lowest BCUT2D eigenvalue weighted by molar-refractivity contribution is -0.387. The van der Waals surface area contributed by atoms with Crippen LogP contribution in [0.3, 0.4) is 0 Å². The van der Waals surface area contributed by atoms with Gasteiger partial charge in [-0.25, -0.2) is 9.97 Å². The van der Waals surface area contributed by atoms with Crippen molar-refractivity contribution in [1.82, 2.24) is 14.5 Å². The number of hydrogen-bond acceptors (Lipinski definition) is 6. The molecule has 0 radical (unpaired) electrons. The van der Waals surface area contributed by atoms with Crippen molar-refractivity contribution < 1.29 is 14.1 Å². The van der Waals surface area contributed by atoms with E-state index in [1.165, 1.54) is 13.3 Å². The molecule has 0 bridgehead atoms. The van der Waals surface area contributed by atoms with Crippen LogP contribution >= 0.6 is 11.6 Å². The van der Waals surface area contributed by atoms with Crippen LogP contribution in [0.15, 0.2) is 48.8 Å². The second-order valence-corrected chi connectivity index (χ2v) is 6.85. The molecule has 2 aromatic heterocycles. The van der Waals surface area contributed by atoms with E-state index in [0.717, 1.165) is 28.6 Å². The summed E-state index contributed by atoms with van der Waals surface area (Å²) in [6.45, 7) is 4.00. The molecule has 0 unspecified atom stereocenters. The van der Waals surface area contributed by atoms with Gasteiger partial charge < -0.3 is 14.6 Å². The highest BCUT2D eigenvalue weighted by Crippen LogP contribution is 2.36. The zero-order valence-corrected chi connectivity index (χ0v) is 18.6. The number of rotatable bonds is 5. The Labute approximate surface area is 188 Å². The molecule has 166 valence electrons. The molecule has 10 heteroatoms. The fourth-order valence-corrected chi connectivity index (χ4v) is 3.41. The van der Waals surface area contributed by atoms with Crippen LogP contribution in [-0.2, 0) is 7.05 Å². The number of nitro groups is 1. The van der Waals surface area contributed by atoms with Gasteiger partial charge >= 0.3 is 5.69 Å². The second-order valence-electron chi connectivity index (χ2n) is 6.45. The van der Waals surface area contributed by atoms with Crippen LogP contribution in [0.5, 0.6) is 5.75 Å². The van der Waals surface area contributed by atoms with Crippen LogP contribution in [0, 0.1) is 15.9 Å². The molecule has 0 aliphatic rings. The highest BCUT2D eigenvalue weighted by molar-refractivity contribution is 6.33. The number of benzene rings is 2. The molecule has 4 aromatic rings. The lowest BCUT2D eigenvalue weighted by Gasteiger charge is -2.11. The van der Waals surface area contributed by atoms with Crippen molar-refractivity contribution in [2.45, 2.75) is 13.8 Å². The molecule has 0 spiro atoms. The van der Waals surface area contributed by atoms with Crippen molar-refractivity contribution in [3.63, 3.8) is 0 Å². The summed E-state index contributed by atoms with van der Waals surface area (Å²) in [6, 6.07) is 9.76. The highest BCUT2D eigenvalue weighted by atomic mass is 35.5. The third kappa shape index (κ3) is 4.33. The molecular weight excluding hydrogens is 437 g/mol. The number of halogens is 2. The highest BCUT2D eigenvalue weighted by Gasteiger charge is 2.20. The minimum absolute atomic E-state index is 0.0726. The first kappa shape index (κ1) is 23.0. The third-order valence-electron chi connectivity index (χ3n) is 4.61. The lowest BCUT2D eigenvalue weighted by atomic mass is 10.1. The van der Waals surface area contributed by atoms with E-state index in [0.29, 0.717) is 10.7 Å². The monoisotopic (exact) mass is 457 g/mol. The molecule has 0 saturated carbocycles. The van der Waals surface area contributed by atoms with Gasteiger partial charge in [-0.2, -0.15) is 4.39 Å². The Morgan fingerprint density at radius 2 is 1.97 bits per heavy atom. The Morgan fingerprint density at radius 1 is 1.25 bits per heavy atom. The maximum absolute atomic E-state index is 13.9. The number of aryl methyl sites for hydroxylation is 1. The Balaban J connectivity index is 0.00000141. The van der Waals surface area contributed by atoms with Gasteiger partial charge in [0.1, 0.15) is 5.75 Å². The van der Waals surface area contributed by atoms with Crippen LogP contribution in [0.25, 0.3) is 22.2 Å². The molecule has 2 aromatic carbocycles. The standard InChI is InChI=1S/C20H15ClFN5O3.C2H6/c1-26-10-12(11-5-3-4-6-16(11)26)19-13(21)9-23-20(25-19)24-15-8-17(27(28)29)14(22)7-18(15)30-2;1-2/h3-10H,1-2H3,(H,23,24,25);1-2H3. The van der Waals surface area contributed by atoms with E-state index in [1.807, 2.05) is 55.9 Å². The first-order chi connectivity index (χ1) is 15.4. The summed E-state index contributed by atoms with van der Waals surface area (Å²) in [5.74, 6) is -0.805. The predicted molar refractivity (Wildman–Crippen MR) is 123 cm³/mol. The van der Waals surface area contributed by atoms with Crippen LogP contribution in [0.1, 0.15) is 13.8 Å². The Morgan fingerprint density at radius 3 is 2.66 bits per heavy atom. The quantitative estimate of drug-likeness (QED) is 0.287. The van der Waals surface area contributed by atoms with E-state index in [9.17, 15) is 14.5 Å². The van der Waals surface area contributed by atoms with Crippen LogP contribution in [0.4, 0.5) is 21.7 Å². The fraction of sp³-hybridized carbons (Fsp3) is 0.182. The van der Waals surface area contributed by atoms with Gasteiger partial charge in [-0.3, -0.25) is 10.1 Å². The first-order valence-electron chi connectivity index (χ1n) is 9.75. The van der Waals surface area contributed by atoms with Gasteiger partial charge in [0.05, 0.1) is 34.6 Å². The van der Waals surface area contributed by atoms with Crippen molar-refractivity contribution in [2.24, 2.45) is 7.05 Å². The molecular formula is C22H21ClFN5O3. The number of methoxy groups -OCH3 is 1. The molecule has 0 aliphatic heterocycles. The zero-order chi connectivity index (χ0) is 23.4. The Hall–Kier alpha value is -3.72. The van der Waals surface area contributed by atoms with Gasteiger partial charge in [-0.1, -0.05) is 43.6 Å². The molecule has 32 heavy (non-hydrogen) atoms. The smallest absolute Gasteiger partial charge is 0.307 e. The largest absolute Gasteiger partial charge is 0.494 e. The van der Waals surface area contributed by atoms with E-state index in [-0.39, 0.29) is 17.4 Å². The van der Waals surface area contributed by atoms with E-state index in [2.05, 4.69) is 15.3 Å². The number of fused-ring (bicyclic) bond motifs is 1. The van der Waals surface area contributed by atoms with Gasteiger partial charge in [0.2, 0.25) is 11.8 Å². The van der Waals surface area contributed by atoms with Gasteiger partial charge in [0, 0.05) is 41.8 Å². The predicted octanol–water partition coefficient (Wildman–Crippen LogP) is 6.11. The number of anilines is 2. The van der Waals surface area contributed by atoms with E-state index in [4.69, 9.17) is 16.3 Å². The lowest BCUT2D eigenvalue weighted by Crippen LogP contribution is -2.03. The fourth-order valence-electron chi connectivity index (χ4n) is 3.22. The molecule has 0 aliphatic carbocycles. The van der Waals surface area contributed by atoms with Crippen molar-refractivity contribution in [3.05, 3.63) is 69.7 Å². The number of hydrogen-bond donors (Lipinski definition) is 1. The molecule has 1 N–H and O–H groups in total. The number of nitrogens with one attached hydrogen (secondary N) is 1. The normalized spacial score (nSPS) is 10.4. The average molecular weight is 458 g/mol. The molecule has 8 nitrogen and oxygen atoms in total. The average Bonchev–Trinajstić information content (AvgIpc) is 3.13. The van der Waals surface area contributed by atoms with Crippen molar-refractivity contribution in [2.75, 3.05) is 12.4 Å². The summed E-state index contributed by atoms with van der Waals surface area (Å²) >= 11 is 6.36. The number of nitro benzene ring substituents is 1. The molecule has 0 fully saturated rings. The topological polar surface area (TPSA) is 95.1 Å². The van der Waals surface area contributed by atoms with Crippen molar-refractivity contribution >= 4 is 39.8 Å². The van der Waals surface area contributed by atoms with Gasteiger partial charge in [-0.15, -0.1) is 0 Å². The number of para-hydroxylation sites is 1. The van der Waals surface area contributed by atoms with E-state index >= 15 is 0 Å². The molecule has 0 atom stereocenters. The van der Waals surface area contributed by atoms with Crippen LogP contribution < -0.4 is 10.1 Å². The number of aromatic nitrogens is 3. The maximum Gasteiger partial charge on any atom is 0.307 e. The van der Waals surface area contributed by atoms with Gasteiger partial charge in [0.15, 0.2) is 0 Å². The van der Waals surface area contributed by atoms with Crippen molar-refractivity contribution in [1.29, 1.82) is 0 Å². The number of ether oxygens (including phenoxy) is 1. The molecule has 0 saturated heterocycles. The molecule has 4 rings (SSSR count). The van der Waals surface area contributed by atoms with Crippen LogP contribution in [0.2, 0.25) is 5.02 Å². The molecule has 2 heterocycles. The van der Waals surface area contributed by atoms with Gasteiger partial charge in [0.25, 0.3) is 0 Å². The summed E-state index contributed by atoms with van der Waals surface area (Å²) in [5, 5.41) is 15.2. The van der Waals surface area contributed by atoms with Gasteiger partial charge in [-0.05, 0) is 6.07 Å². The minimum Gasteiger partial charge on any atom is -0.494 e. The SMILES string of the molecule is CC.COc1cc(F)c([N+](=O)[O-])cc1Nc1ncc(Cl)c(-c2cn(C)c3ccccc23)n1. The number of nitrogens with zero attached hydrogens (tertiary/aromatic N) is 4. The summed E-state index contributed by atoms with van der Waals surface area (Å²) in [7, 11) is 3.25. The van der Waals surface area contributed by atoms with Crippen LogP contribution in [-0.4, -0.2) is 26.6 Å². The second kappa shape index (κ2) is 9.61. The first-order valence-corrected chi connectivity index (χ1v) is 10.1. The summed E-state index contributed by atoms with van der Waals surface area (Å²) in [5.41, 5.74) is 1.76. The summed E-state index contributed by atoms with van der Waals surface area (Å²) in [6.07, 6.45) is 3.34. The molecule has 0 amide bonds. The maximum atomic E-state index is 13.9. The minimum atomic E-state index is -1.00.